The maximum absolute atomic E-state index is 12.9. The molecule has 0 unspecified atom stereocenters. The number of anilines is 2. The van der Waals surface area contributed by atoms with Crippen LogP contribution in [0.1, 0.15) is 44.1 Å². The molecule has 3 aliphatic rings. The van der Waals surface area contributed by atoms with Gasteiger partial charge >= 0.3 is 5.97 Å². The summed E-state index contributed by atoms with van der Waals surface area (Å²) >= 11 is 0. The molecule has 202 valence electrons. The van der Waals surface area contributed by atoms with E-state index in [1.165, 1.54) is 0 Å². The Labute approximate surface area is 224 Å². The fraction of sp³-hybridized carbons (Fsp3) is 0.500. The summed E-state index contributed by atoms with van der Waals surface area (Å²) in [5.74, 6) is -0.609. The number of carboxylic acid groups (broad SMARTS) is 1. The normalized spacial score (nSPS) is 18.1. The number of rotatable bonds is 10. The molecule has 2 aromatic rings. The van der Waals surface area contributed by atoms with E-state index in [0.29, 0.717) is 6.54 Å². The van der Waals surface area contributed by atoms with E-state index >= 15 is 0 Å². The van der Waals surface area contributed by atoms with Gasteiger partial charge in [0.15, 0.2) is 0 Å². The second-order valence-corrected chi connectivity index (χ2v) is 11.0. The second-order valence-electron chi connectivity index (χ2n) is 11.0. The van der Waals surface area contributed by atoms with E-state index in [9.17, 15) is 14.4 Å². The van der Waals surface area contributed by atoms with Crippen molar-refractivity contribution in [1.29, 1.82) is 0 Å². The Balaban J connectivity index is 1.38. The van der Waals surface area contributed by atoms with Crippen LogP contribution in [0.15, 0.2) is 42.5 Å². The minimum absolute atomic E-state index is 0.0379. The third-order valence-corrected chi connectivity index (χ3v) is 8.04. The van der Waals surface area contributed by atoms with Gasteiger partial charge in [0, 0.05) is 51.1 Å². The van der Waals surface area contributed by atoms with Crippen LogP contribution in [0.3, 0.4) is 0 Å². The molecular formula is C30H38N4O4. The van der Waals surface area contributed by atoms with Gasteiger partial charge in [-0.1, -0.05) is 30.7 Å². The van der Waals surface area contributed by atoms with Crippen molar-refractivity contribution in [2.24, 2.45) is 11.8 Å². The topological polar surface area (TPSA) is 93.2 Å². The second kappa shape index (κ2) is 11.6. The first-order valence-corrected chi connectivity index (χ1v) is 13.9. The zero-order valence-electron chi connectivity index (χ0n) is 22.2. The van der Waals surface area contributed by atoms with Crippen LogP contribution in [-0.4, -0.2) is 72.5 Å². The van der Waals surface area contributed by atoms with Crippen molar-refractivity contribution in [3.05, 3.63) is 48.0 Å². The Morgan fingerprint density at radius 1 is 0.947 bits per heavy atom. The molecule has 2 saturated carbocycles. The number of benzene rings is 2. The van der Waals surface area contributed by atoms with Gasteiger partial charge in [0.1, 0.15) is 0 Å². The summed E-state index contributed by atoms with van der Waals surface area (Å²) in [4.78, 5) is 43.2. The van der Waals surface area contributed by atoms with E-state index in [2.05, 4.69) is 46.4 Å². The number of carbonyl (C=O) groups is 3. The van der Waals surface area contributed by atoms with E-state index in [0.717, 1.165) is 86.3 Å². The smallest absolute Gasteiger partial charge is 0.305 e. The lowest BCUT2D eigenvalue weighted by Crippen LogP contribution is -2.44. The summed E-state index contributed by atoms with van der Waals surface area (Å²) < 4.78 is 0. The molecule has 2 N–H and O–H groups in total. The summed E-state index contributed by atoms with van der Waals surface area (Å²) in [6.45, 7) is 4.40. The monoisotopic (exact) mass is 518 g/mol. The summed E-state index contributed by atoms with van der Waals surface area (Å²) in [6.07, 6.45) is 4.73. The molecule has 1 saturated heterocycles. The minimum Gasteiger partial charge on any atom is -0.481 e. The van der Waals surface area contributed by atoms with Gasteiger partial charge in [-0.3, -0.25) is 14.4 Å². The number of carboxylic acids is 1. The first-order valence-electron chi connectivity index (χ1n) is 13.9. The molecule has 38 heavy (non-hydrogen) atoms. The van der Waals surface area contributed by atoms with Crippen LogP contribution in [0.5, 0.6) is 0 Å². The average Bonchev–Trinajstić information content (AvgIpc) is 3.71. The van der Waals surface area contributed by atoms with Gasteiger partial charge in [0.25, 0.3) is 0 Å². The maximum Gasteiger partial charge on any atom is 0.305 e. The van der Waals surface area contributed by atoms with Crippen LogP contribution in [0.2, 0.25) is 0 Å². The van der Waals surface area contributed by atoms with Gasteiger partial charge in [-0.15, -0.1) is 0 Å². The van der Waals surface area contributed by atoms with Crippen LogP contribution in [-0.2, 0) is 20.9 Å². The molecule has 0 radical (unpaired) electrons. The Kier molecular flexibility index (Phi) is 7.98. The predicted molar refractivity (Wildman–Crippen MR) is 148 cm³/mol. The Hall–Kier alpha value is -3.39. The standard InChI is InChI=1S/C30H38N4O4/c1-32-14-16-33(17-15-32)27-11-10-25(19-26(27)31-29(37)22-5-3-6-22)24-7-2-4-21(18-24)20-34(13-12-28(35)36)30(38)23-8-9-23/h2,4,7,10-11,18-19,22-23H,3,5-6,8-9,12-17,20H2,1H3,(H,31,37)(H,35,36). The zero-order valence-corrected chi connectivity index (χ0v) is 22.2. The molecule has 1 heterocycles. The molecule has 0 bridgehead atoms. The number of nitrogens with zero attached hydrogens (tertiary/aromatic N) is 3. The van der Waals surface area contributed by atoms with Crippen molar-refractivity contribution in [1.82, 2.24) is 9.80 Å². The molecular weight excluding hydrogens is 480 g/mol. The van der Waals surface area contributed by atoms with Gasteiger partial charge in [0.05, 0.1) is 17.8 Å². The summed E-state index contributed by atoms with van der Waals surface area (Å²) in [5, 5.41) is 12.4. The highest BCUT2D eigenvalue weighted by Gasteiger charge is 2.33. The lowest BCUT2D eigenvalue weighted by atomic mass is 9.85. The molecule has 5 rings (SSSR count). The van der Waals surface area contributed by atoms with Gasteiger partial charge in [-0.25, -0.2) is 0 Å². The number of carbonyl (C=O) groups excluding carboxylic acids is 2. The maximum atomic E-state index is 12.9. The highest BCUT2D eigenvalue weighted by Crippen LogP contribution is 2.35. The molecule has 2 aromatic carbocycles. The van der Waals surface area contributed by atoms with E-state index in [4.69, 9.17) is 5.11 Å². The molecule has 0 atom stereocenters. The van der Waals surface area contributed by atoms with E-state index in [1.807, 2.05) is 18.2 Å². The molecule has 0 spiro atoms. The molecule has 3 fully saturated rings. The van der Waals surface area contributed by atoms with Crippen molar-refractivity contribution in [2.75, 3.05) is 50.0 Å². The minimum atomic E-state index is -0.899. The van der Waals surface area contributed by atoms with Gasteiger partial charge < -0.3 is 25.1 Å². The van der Waals surface area contributed by atoms with Crippen molar-refractivity contribution < 1.29 is 19.5 Å². The number of aliphatic carboxylic acids is 1. The fourth-order valence-electron chi connectivity index (χ4n) is 5.20. The largest absolute Gasteiger partial charge is 0.481 e. The number of likely N-dealkylation sites (N-methyl/N-ethyl adjacent to an activating group) is 1. The van der Waals surface area contributed by atoms with Gasteiger partial charge in [-0.2, -0.15) is 0 Å². The first kappa shape index (κ1) is 26.2. The summed E-state index contributed by atoms with van der Waals surface area (Å²) in [6, 6.07) is 14.3. The lowest BCUT2D eigenvalue weighted by Gasteiger charge is -2.35. The summed E-state index contributed by atoms with van der Waals surface area (Å²) in [7, 11) is 2.13. The van der Waals surface area contributed by atoms with Crippen molar-refractivity contribution in [2.45, 2.75) is 45.1 Å². The molecule has 1 aliphatic heterocycles. The van der Waals surface area contributed by atoms with Crippen LogP contribution >= 0.6 is 0 Å². The molecule has 2 aliphatic carbocycles. The highest BCUT2D eigenvalue weighted by molar-refractivity contribution is 5.97. The Morgan fingerprint density at radius 2 is 1.68 bits per heavy atom. The Bertz CT molecular complexity index is 1180. The first-order chi connectivity index (χ1) is 18.4. The number of nitrogens with one attached hydrogen (secondary N) is 1. The van der Waals surface area contributed by atoms with Gasteiger partial charge in [0.2, 0.25) is 11.8 Å². The highest BCUT2D eigenvalue weighted by atomic mass is 16.4. The average molecular weight is 519 g/mol. The van der Waals surface area contributed by atoms with Crippen LogP contribution in [0.4, 0.5) is 11.4 Å². The third-order valence-electron chi connectivity index (χ3n) is 8.04. The quantitative estimate of drug-likeness (QED) is 0.493. The van der Waals surface area contributed by atoms with Crippen molar-refractivity contribution in [3.63, 3.8) is 0 Å². The number of hydrogen-bond acceptors (Lipinski definition) is 5. The van der Waals surface area contributed by atoms with Crippen molar-refractivity contribution >= 4 is 29.2 Å². The lowest BCUT2D eigenvalue weighted by molar-refractivity contribution is -0.139. The third kappa shape index (κ3) is 6.35. The van der Waals surface area contributed by atoms with E-state index < -0.39 is 5.97 Å². The molecule has 8 nitrogen and oxygen atoms in total. The van der Waals surface area contributed by atoms with E-state index in [1.54, 1.807) is 4.90 Å². The number of piperazine rings is 1. The predicted octanol–water partition coefficient (Wildman–Crippen LogP) is 4.06. The SMILES string of the molecule is CN1CCN(c2ccc(-c3cccc(CN(CCC(=O)O)C(=O)C4CC4)c3)cc2NC(=O)C2CCC2)CC1. The van der Waals surface area contributed by atoms with Gasteiger partial charge in [-0.05, 0) is 67.6 Å². The molecule has 0 aromatic heterocycles. The zero-order chi connectivity index (χ0) is 26.6. The Morgan fingerprint density at radius 3 is 2.34 bits per heavy atom. The van der Waals surface area contributed by atoms with E-state index in [-0.39, 0.29) is 36.6 Å². The van der Waals surface area contributed by atoms with Crippen LogP contribution < -0.4 is 10.2 Å². The molecule has 8 heteroatoms. The van der Waals surface area contributed by atoms with Crippen molar-refractivity contribution in [3.8, 4) is 11.1 Å². The fourth-order valence-corrected chi connectivity index (χ4v) is 5.20. The number of amides is 2. The summed E-state index contributed by atoms with van der Waals surface area (Å²) in [5.41, 5.74) is 4.87. The van der Waals surface area contributed by atoms with Crippen LogP contribution in [0.25, 0.3) is 11.1 Å². The number of hydrogen-bond donors (Lipinski definition) is 2. The molecule has 2 amide bonds. The van der Waals surface area contributed by atoms with Crippen LogP contribution in [0, 0.1) is 11.8 Å².